The van der Waals surface area contributed by atoms with Crippen LogP contribution in [0.2, 0.25) is 0 Å². The van der Waals surface area contributed by atoms with E-state index in [2.05, 4.69) is 11.8 Å². The summed E-state index contributed by atoms with van der Waals surface area (Å²) in [7, 11) is 1.47. The molecule has 0 aliphatic rings. The summed E-state index contributed by atoms with van der Waals surface area (Å²) in [6, 6.07) is 2.79. The predicted octanol–water partition coefficient (Wildman–Crippen LogP) is 2.39. The zero-order chi connectivity index (χ0) is 13.7. The first kappa shape index (κ1) is 13.9. The van der Waals surface area contributed by atoms with Gasteiger partial charge >= 0.3 is 0 Å². The largest absolute Gasteiger partial charge is 0.507 e. The van der Waals surface area contributed by atoms with Gasteiger partial charge in [-0.05, 0) is 32.8 Å². The molecule has 1 aromatic carbocycles. The number of ketones is 1. The van der Waals surface area contributed by atoms with E-state index < -0.39 is 5.78 Å². The highest BCUT2D eigenvalue weighted by Crippen LogP contribution is 2.35. The second-order valence-electron chi connectivity index (χ2n) is 3.89. The molecule has 0 unspecified atom stereocenters. The third kappa shape index (κ3) is 3.17. The van der Waals surface area contributed by atoms with Gasteiger partial charge in [0.15, 0.2) is 11.5 Å². The molecule has 0 radical (unpaired) electrons. The minimum absolute atomic E-state index is 0.0599. The first-order chi connectivity index (χ1) is 8.49. The lowest BCUT2D eigenvalue weighted by Gasteiger charge is -2.14. The third-order valence-corrected chi connectivity index (χ3v) is 2.13. The molecule has 0 amide bonds. The summed E-state index contributed by atoms with van der Waals surface area (Å²) < 4.78 is 10.6. The van der Waals surface area contributed by atoms with Crippen molar-refractivity contribution in [2.75, 3.05) is 7.11 Å². The highest BCUT2D eigenvalue weighted by atomic mass is 16.5. The standard InChI is InChI=1S/C14H16O4/c1-5-6-11(15)10-7-13(17-4)14(8-12(10)16)18-9(2)3/h7-9,16H,1-4H3. The van der Waals surface area contributed by atoms with Gasteiger partial charge < -0.3 is 14.6 Å². The Balaban J connectivity index is 3.24. The molecule has 1 aromatic rings. The Morgan fingerprint density at radius 3 is 2.50 bits per heavy atom. The van der Waals surface area contributed by atoms with Gasteiger partial charge in [0, 0.05) is 6.07 Å². The van der Waals surface area contributed by atoms with Crippen molar-refractivity contribution in [2.45, 2.75) is 26.9 Å². The maximum Gasteiger partial charge on any atom is 0.239 e. The van der Waals surface area contributed by atoms with Crippen LogP contribution in [0.15, 0.2) is 12.1 Å². The van der Waals surface area contributed by atoms with Gasteiger partial charge in [-0.3, -0.25) is 4.79 Å². The number of hydrogen-bond donors (Lipinski definition) is 1. The number of benzene rings is 1. The van der Waals surface area contributed by atoms with Gasteiger partial charge in [0.25, 0.3) is 0 Å². The predicted molar refractivity (Wildman–Crippen MR) is 68.2 cm³/mol. The number of ether oxygens (including phenoxy) is 2. The summed E-state index contributed by atoms with van der Waals surface area (Å²) in [5.74, 6) is 5.03. The number of methoxy groups -OCH3 is 1. The molecule has 4 nitrogen and oxygen atoms in total. The molecule has 0 aromatic heterocycles. The highest BCUT2D eigenvalue weighted by Gasteiger charge is 2.16. The van der Waals surface area contributed by atoms with Crippen molar-refractivity contribution >= 4 is 5.78 Å². The molecule has 0 heterocycles. The summed E-state index contributed by atoms with van der Waals surface area (Å²) in [6.07, 6.45) is -0.0599. The van der Waals surface area contributed by atoms with E-state index >= 15 is 0 Å². The summed E-state index contributed by atoms with van der Waals surface area (Å²) in [5, 5.41) is 9.80. The molecule has 1 rings (SSSR count). The van der Waals surface area contributed by atoms with Gasteiger partial charge in [0.05, 0.1) is 18.8 Å². The van der Waals surface area contributed by atoms with Crippen LogP contribution in [0.1, 0.15) is 31.1 Å². The molecule has 1 N–H and O–H groups in total. The fourth-order valence-electron chi connectivity index (χ4n) is 1.42. The van der Waals surface area contributed by atoms with Crippen molar-refractivity contribution in [3.63, 3.8) is 0 Å². The van der Waals surface area contributed by atoms with Gasteiger partial charge in [-0.15, -0.1) is 0 Å². The Labute approximate surface area is 107 Å². The molecule has 0 saturated heterocycles. The molecule has 18 heavy (non-hydrogen) atoms. The van der Waals surface area contributed by atoms with Crippen LogP contribution < -0.4 is 9.47 Å². The van der Waals surface area contributed by atoms with Crippen LogP contribution in [0, 0.1) is 11.8 Å². The highest BCUT2D eigenvalue weighted by molar-refractivity contribution is 6.11. The average molecular weight is 248 g/mol. The molecule has 4 heteroatoms. The number of hydrogen-bond acceptors (Lipinski definition) is 4. The van der Waals surface area contributed by atoms with Crippen LogP contribution in [0.3, 0.4) is 0 Å². The van der Waals surface area contributed by atoms with E-state index in [1.165, 1.54) is 19.2 Å². The van der Waals surface area contributed by atoms with Crippen LogP contribution in [-0.4, -0.2) is 24.1 Å². The van der Waals surface area contributed by atoms with Gasteiger partial charge in [0.2, 0.25) is 5.78 Å². The fraction of sp³-hybridized carbons (Fsp3) is 0.357. The Kier molecular flexibility index (Phi) is 4.61. The molecule has 0 saturated carbocycles. The quantitative estimate of drug-likeness (QED) is 0.505. The molecule has 0 spiro atoms. The van der Waals surface area contributed by atoms with Crippen LogP contribution in [0.25, 0.3) is 0 Å². The molecule has 0 bridgehead atoms. The number of phenols is 1. The van der Waals surface area contributed by atoms with Gasteiger partial charge in [-0.2, -0.15) is 0 Å². The van der Waals surface area contributed by atoms with E-state index in [-0.39, 0.29) is 17.4 Å². The van der Waals surface area contributed by atoms with Crippen molar-refractivity contribution < 1.29 is 19.4 Å². The van der Waals surface area contributed by atoms with E-state index in [0.717, 1.165) is 0 Å². The third-order valence-electron chi connectivity index (χ3n) is 2.13. The number of rotatable bonds is 4. The molecule has 96 valence electrons. The van der Waals surface area contributed by atoms with E-state index in [0.29, 0.717) is 11.5 Å². The van der Waals surface area contributed by atoms with Gasteiger partial charge in [-0.25, -0.2) is 0 Å². The second kappa shape index (κ2) is 5.97. The smallest absolute Gasteiger partial charge is 0.239 e. The maximum atomic E-state index is 11.6. The van der Waals surface area contributed by atoms with Crippen molar-refractivity contribution in [3.8, 4) is 29.1 Å². The minimum atomic E-state index is -0.454. The second-order valence-corrected chi connectivity index (χ2v) is 3.89. The number of carbonyl (C=O) groups excluding carboxylic acids is 1. The number of carbonyl (C=O) groups is 1. The van der Waals surface area contributed by atoms with Crippen LogP contribution >= 0.6 is 0 Å². The lowest BCUT2D eigenvalue weighted by Crippen LogP contribution is -2.07. The molecule has 0 fully saturated rings. The Bertz CT molecular complexity index is 507. The summed E-state index contributed by atoms with van der Waals surface area (Å²) in [4.78, 5) is 11.6. The molecule has 0 aliphatic heterocycles. The lowest BCUT2D eigenvalue weighted by molar-refractivity contribution is 0.105. The van der Waals surface area contributed by atoms with E-state index in [1.54, 1.807) is 6.92 Å². The van der Waals surface area contributed by atoms with Crippen LogP contribution in [0.5, 0.6) is 17.2 Å². The first-order valence-electron chi connectivity index (χ1n) is 5.54. The van der Waals surface area contributed by atoms with Crippen LogP contribution in [0.4, 0.5) is 0 Å². The van der Waals surface area contributed by atoms with Crippen molar-refractivity contribution in [3.05, 3.63) is 17.7 Å². The number of Topliss-reactive ketones (excluding diaryl/α,β-unsaturated/α-hetero) is 1. The summed E-state index contributed by atoms with van der Waals surface area (Å²) in [5.41, 5.74) is 0.109. The minimum Gasteiger partial charge on any atom is -0.507 e. The Morgan fingerprint density at radius 1 is 1.33 bits per heavy atom. The summed E-state index contributed by atoms with van der Waals surface area (Å²) >= 11 is 0. The van der Waals surface area contributed by atoms with E-state index in [9.17, 15) is 9.90 Å². The van der Waals surface area contributed by atoms with E-state index in [4.69, 9.17) is 9.47 Å². The zero-order valence-electron chi connectivity index (χ0n) is 10.9. The Hall–Kier alpha value is -2.15. The lowest BCUT2D eigenvalue weighted by atomic mass is 10.1. The maximum absolute atomic E-state index is 11.6. The monoisotopic (exact) mass is 248 g/mol. The molecule has 0 aliphatic carbocycles. The van der Waals surface area contributed by atoms with Crippen molar-refractivity contribution in [1.82, 2.24) is 0 Å². The van der Waals surface area contributed by atoms with Gasteiger partial charge in [-0.1, -0.05) is 5.92 Å². The topological polar surface area (TPSA) is 55.8 Å². The van der Waals surface area contributed by atoms with Crippen LogP contribution in [-0.2, 0) is 0 Å². The summed E-state index contributed by atoms with van der Waals surface area (Å²) in [6.45, 7) is 5.28. The average Bonchev–Trinajstić information content (AvgIpc) is 2.28. The van der Waals surface area contributed by atoms with Crippen molar-refractivity contribution in [1.29, 1.82) is 0 Å². The fourth-order valence-corrected chi connectivity index (χ4v) is 1.42. The molecular formula is C14H16O4. The van der Waals surface area contributed by atoms with Gasteiger partial charge in [0.1, 0.15) is 5.75 Å². The number of aromatic hydroxyl groups is 1. The zero-order valence-corrected chi connectivity index (χ0v) is 10.9. The molecular weight excluding hydrogens is 232 g/mol. The first-order valence-corrected chi connectivity index (χ1v) is 5.54. The SMILES string of the molecule is CC#CC(=O)c1cc(OC)c(OC(C)C)cc1O. The Morgan fingerprint density at radius 2 is 2.00 bits per heavy atom. The van der Waals surface area contributed by atoms with E-state index in [1.807, 2.05) is 13.8 Å². The van der Waals surface area contributed by atoms with Crippen molar-refractivity contribution in [2.24, 2.45) is 0 Å². The number of phenolic OH excluding ortho intramolecular Hbond substituents is 1. The molecule has 0 atom stereocenters. The normalized spacial score (nSPS) is 9.61.